The minimum Gasteiger partial charge on any atom is -0.309 e. The summed E-state index contributed by atoms with van der Waals surface area (Å²) in [6.07, 6.45) is 0. The zero-order valence-corrected chi connectivity index (χ0v) is 32.0. The second-order valence-corrected chi connectivity index (χ2v) is 15.4. The van der Waals surface area contributed by atoms with Gasteiger partial charge in [-0.05, 0) is 122 Å². The Morgan fingerprint density at radius 1 is 0.254 bits per heavy atom. The van der Waals surface area contributed by atoms with E-state index in [2.05, 4.69) is 203 Å². The monoisotopic (exact) mass is 754 g/mol. The number of rotatable bonds is 5. The van der Waals surface area contributed by atoms with E-state index in [4.69, 9.17) is 0 Å². The van der Waals surface area contributed by atoms with E-state index in [1.165, 1.54) is 60.0 Å². The Morgan fingerprint density at radius 2 is 0.627 bits per heavy atom. The number of fused-ring (bicyclic) bond motifs is 8. The van der Waals surface area contributed by atoms with Crippen LogP contribution in [0.4, 0.5) is 4.39 Å². The molecule has 0 aliphatic rings. The Morgan fingerprint density at radius 3 is 1.15 bits per heavy atom. The number of aromatic nitrogens is 2. The summed E-state index contributed by atoms with van der Waals surface area (Å²) in [5.74, 6) is -0.245. The zero-order valence-electron chi connectivity index (χ0n) is 32.0. The fourth-order valence-corrected chi connectivity index (χ4v) is 9.59. The quantitative estimate of drug-likeness (QED) is 0.155. The lowest BCUT2D eigenvalue weighted by Gasteiger charge is -2.18. The maximum Gasteiger partial charge on any atom is 0.123 e. The Balaban J connectivity index is 0.967. The van der Waals surface area contributed by atoms with E-state index >= 15 is 4.39 Å². The molecule has 0 bridgehead atoms. The summed E-state index contributed by atoms with van der Waals surface area (Å²) in [5.41, 5.74) is 13.6. The van der Waals surface area contributed by atoms with Gasteiger partial charge in [0.15, 0.2) is 0 Å². The molecule has 0 amide bonds. The molecule has 0 fully saturated rings. The van der Waals surface area contributed by atoms with E-state index in [0.29, 0.717) is 0 Å². The predicted molar refractivity (Wildman–Crippen MR) is 246 cm³/mol. The van der Waals surface area contributed by atoms with Crippen LogP contribution in [0.3, 0.4) is 0 Å². The van der Waals surface area contributed by atoms with Crippen molar-refractivity contribution in [2.24, 2.45) is 0 Å². The Labute approximate surface area is 340 Å². The highest BCUT2D eigenvalue weighted by molar-refractivity contribution is 6.21. The van der Waals surface area contributed by atoms with Gasteiger partial charge >= 0.3 is 0 Å². The highest BCUT2D eigenvalue weighted by Gasteiger charge is 2.19. The molecule has 12 rings (SSSR count). The van der Waals surface area contributed by atoms with Gasteiger partial charge < -0.3 is 9.13 Å². The van der Waals surface area contributed by atoms with Crippen molar-refractivity contribution in [2.75, 3.05) is 0 Å². The Bertz CT molecular complexity index is 3480. The zero-order chi connectivity index (χ0) is 39.0. The van der Waals surface area contributed by atoms with Gasteiger partial charge in [0.25, 0.3) is 0 Å². The number of para-hydroxylation sites is 2. The highest BCUT2D eigenvalue weighted by atomic mass is 19.1. The van der Waals surface area contributed by atoms with Crippen LogP contribution >= 0.6 is 0 Å². The standard InChI is InChI=1S/C56H35FN2/c57-40-27-33-54-50(35-40)49-34-39(36-22-28-41(29-23-36)58-51-20-10-8-14-43(51)44-15-9-11-21-52(44)58)26-32-53(49)59(54)42-30-24-38(25-31-42)56-47-18-6-4-16-45(47)55(37-12-2-1-3-13-37)46-17-5-7-19-48(46)56/h1-35H. The third-order valence-electron chi connectivity index (χ3n) is 12.2. The largest absolute Gasteiger partial charge is 0.309 e. The fraction of sp³-hybridized carbons (Fsp3) is 0. The SMILES string of the molecule is Fc1ccc2c(c1)c1cc(-c3ccc(-n4c5ccccc5c5ccccc54)cc3)ccc1n2-c1ccc(-c2c3ccccc3c(-c3ccccc3)c3ccccc23)cc1. The minimum absolute atomic E-state index is 0.245. The van der Waals surface area contributed by atoms with Gasteiger partial charge in [0.05, 0.1) is 22.1 Å². The lowest BCUT2D eigenvalue weighted by atomic mass is 9.86. The van der Waals surface area contributed by atoms with Crippen molar-refractivity contribution in [3.05, 3.63) is 218 Å². The Hall–Kier alpha value is -7.75. The average molecular weight is 755 g/mol. The molecule has 0 saturated carbocycles. The van der Waals surface area contributed by atoms with E-state index in [-0.39, 0.29) is 5.82 Å². The van der Waals surface area contributed by atoms with Crippen molar-refractivity contribution in [2.45, 2.75) is 0 Å². The average Bonchev–Trinajstić information content (AvgIpc) is 3.81. The molecular formula is C56H35FN2. The molecule has 0 unspecified atom stereocenters. The van der Waals surface area contributed by atoms with Crippen LogP contribution in [0.5, 0.6) is 0 Å². The van der Waals surface area contributed by atoms with Crippen molar-refractivity contribution in [1.82, 2.24) is 9.13 Å². The van der Waals surface area contributed by atoms with Crippen LogP contribution in [-0.4, -0.2) is 9.13 Å². The summed E-state index contributed by atoms with van der Waals surface area (Å²) < 4.78 is 19.6. The molecule has 2 aromatic heterocycles. The van der Waals surface area contributed by atoms with Gasteiger partial charge in [-0.25, -0.2) is 4.39 Å². The summed E-state index contributed by atoms with van der Waals surface area (Å²) in [6, 6.07) is 74.8. The number of nitrogens with zero attached hydrogens (tertiary/aromatic N) is 2. The molecule has 59 heavy (non-hydrogen) atoms. The van der Waals surface area contributed by atoms with Gasteiger partial charge in [-0.3, -0.25) is 0 Å². The van der Waals surface area contributed by atoms with Gasteiger partial charge in [0.1, 0.15) is 5.82 Å². The first kappa shape index (κ1) is 33.4. The maximum atomic E-state index is 15.0. The summed E-state index contributed by atoms with van der Waals surface area (Å²) in [6.45, 7) is 0. The molecule has 276 valence electrons. The third kappa shape index (κ3) is 5.18. The molecule has 10 aromatic carbocycles. The van der Waals surface area contributed by atoms with Crippen LogP contribution in [-0.2, 0) is 0 Å². The second kappa shape index (κ2) is 13.2. The molecule has 3 heteroatoms. The Kier molecular flexibility index (Phi) is 7.45. The van der Waals surface area contributed by atoms with Gasteiger partial charge in [0, 0.05) is 32.9 Å². The molecular weight excluding hydrogens is 720 g/mol. The predicted octanol–water partition coefficient (Wildman–Crippen LogP) is 15.3. The number of hydrogen-bond acceptors (Lipinski definition) is 0. The molecule has 0 saturated heterocycles. The van der Waals surface area contributed by atoms with Gasteiger partial charge in [0.2, 0.25) is 0 Å². The first-order chi connectivity index (χ1) is 29.2. The molecule has 0 atom stereocenters. The minimum atomic E-state index is -0.245. The van der Waals surface area contributed by atoms with Crippen molar-refractivity contribution >= 4 is 65.2 Å². The van der Waals surface area contributed by atoms with Crippen molar-refractivity contribution in [3.63, 3.8) is 0 Å². The normalized spacial score (nSPS) is 11.8. The highest BCUT2D eigenvalue weighted by Crippen LogP contribution is 2.44. The summed E-state index contributed by atoms with van der Waals surface area (Å²) >= 11 is 0. The first-order valence-corrected chi connectivity index (χ1v) is 20.1. The number of halogens is 1. The molecule has 0 N–H and O–H groups in total. The van der Waals surface area contributed by atoms with E-state index in [0.717, 1.165) is 49.9 Å². The first-order valence-electron chi connectivity index (χ1n) is 20.1. The maximum absolute atomic E-state index is 15.0. The van der Waals surface area contributed by atoms with Crippen molar-refractivity contribution in [1.29, 1.82) is 0 Å². The van der Waals surface area contributed by atoms with Gasteiger partial charge in [-0.1, -0.05) is 146 Å². The van der Waals surface area contributed by atoms with E-state index in [9.17, 15) is 0 Å². The topological polar surface area (TPSA) is 9.86 Å². The molecule has 0 aliphatic carbocycles. The lowest BCUT2D eigenvalue weighted by molar-refractivity contribution is 0.629. The van der Waals surface area contributed by atoms with E-state index in [1.54, 1.807) is 12.1 Å². The number of hydrogen-bond donors (Lipinski definition) is 0. The van der Waals surface area contributed by atoms with Crippen LogP contribution < -0.4 is 0 Å². The van der Waals surface area contributed by atoms with Crippen molar-refractivity contribution < 1.29 is 4.39 Å². The molecule has 2 nitrogen and oxygen atoms in total. The van der Waals surface area contributed by atoms with Crippen LogP contribution in [0, 0.1) is 5.82 Å². The lowest BCUT2D eigenvalue weighted by Crippen LogP contribution is -1.95. The molecule has 2 heterocycles. The summed E-state index contributed by atoms with van der Waals surface area (Å²) in [4.78, 5) is 0. The van der Waals surface area contributed by atoms with Crippen LogP contribution in [0.1, 0.15) is 0 Å². The van der Waals surface area contributed by atoms with Crippen LogP contribution in [0.2, 0.25) is 0 Å². The van der Waals surface area contributed by atoms with Crippen LogP contribution in [0.15, 0.2) is 212 Å². The van der Waals surface area contributed by atoms with Crippen molar-refractivity contribution in [3.8, 4) is 44.8 Å². The third-order valence-corrected chi connectivity index (χ3v) is 12.2. The summed E-state index contributed by atoms with van der Waals surface area (Å²) in [7, 11) is 0. The second-order valence-electron chi connectivity index (χ2n) is 15.4. The molecule has 0 radical (unpaired) electrons. The molecule has 0 aliphatic heterocycles. The van der Waals surface area contributed by atoms with E-state index in [1.807, 2.05) is 6.07 Å². The van der Waals surface area contributed by atoms with Gasteiger partial charge in [-0.15, -0.1) is 0 Å². The fourth-order valence-electron chi connectivity index (χ4n) is 9.59. The van der Waals surface area contributed by atoms with Crippen LogP contribution in [0.25, 0.3) is 110 Å². The number of benzene rings is 10. The van der Waals surface area contributed by atoms with Gasteiger partial charge in [-0.2, -0.15) is 0 Å². The summed E-state index contributed by atoms with van der Waals surface area (Å²) in [5, 5.41) is 9.31. The molecule has 12 aromatic rings. The van der Waals surface area contributed by atoms with E-state index < -0.39 is 0 Å². The molecule has 0 spiro atoms. The smallest absolute Gasteiger partial charge is 0.123 e.